The third-order valence-electron chi connectivity index (χ3n) is 5.21. The second-order valence-corrected chi connectivity index (χ2v) is 7.90. The Kier molecular flexibility index (Phi) is 5.98. The van der Waals surface area contributed by atoms with Gasteiger partial charge in [0.25, 0.3) is 0 Å². The number of rotatable bonds is 4. The van der Waals surface area contributed by atoms with E-state index >= 15 is 0 Å². The lowest BCUT2D eigenvalue weighted by Gasteiger charge is -2.05. The molecule has 3 aromatic carbocycles. The minimum absolute atomic E-state index is 0.0528. The van der Waals surface area contributed by atoms with E-state index in [9.17, 15) is 4.79 Å². The topological polar surface area (TPSA) is 108 Å². The fourth-order valence-corrected chi connectivity index (χ4v) is 3.56. The monoisotopic (exact) mass is 440 g/mol. The van der Waals surface area contributed by atoms with Gasteiger partial charge in [0.15, 0.2) is 5.78 Å². The average molecular weight is 441 g/mol. The van der Waals surface area contributed by atoms with Crippen molar-refractivity contribution < 1.29 is 4.79 Å². The normalized spacial score (nSPS) is 10.5. The third kappa shape index (κ3) is 4.66. The molecule has 5 nitrogen and oxygen atoms in total. The van der Waals surface area contributed by atoms with Gasteiger partial charge in [0.1, 0.15) is 5.82 Å². The molecule has 158 valence electrons. The van der Waals surface area contributed by atoms with Crippen LogP contribution in [0, 0.1) is 11.8 Å². The number of nitrogens with zero attached hydrogens (tertiary/aromatic N) is 1. The molecule has 0 fully saturated rings. The SMILES string of the molecule is Nc1ccc(CCC(=O)c2ccc(C#Cc3c(N)ncc4ccc(Cl)cc34)cc2)cc1N. The first-order valence-electron chi connectivity index (χ1n) is 10.0. The smallest absolute Gasteiger partial charge is 0.163 e. The number of aryl methyl sites for hydroxylation is 1. The van der Waals surface area contributed by atoms with Gasteiger partial charge in [-0.2, -0.15) is 0 Å². The number of anilines is 3. The van der Waals surface area contributed by atoms with Crippen LogP contribution in [0.1, 0.15) is 33.5 Å². The number of halogens is 1. The lowest BCUT2D eigenvalue weighted by atomic mass is 10.0. The van der Waals surface area contributed by atoms with Crippen LogP contribution in [0.3, 0.4) is 0 Å². The molecule has 0 unspecified atom stereocenters. The predicted molar refractivity (Wildman–Crippen MR) is 132 cm³/mol. The standard InChI is InChI=1S/C26H21ClN4O/c27-20-9-8-19-15-31-26(30)21(22(19)14-20)10-3-16-1-6-18(7-2-16)25(32)12-5-17-4-11-23(28)24(29)13-17/h1-2,4,6-9,11,13-15H,5,12,28-29H2,(H2,30,31). The largest absolute Gasteiger partial charge is 0.397 e. The second kappa shape index (κ2) is 9.01. The molecule has 4 rings (SSSR count). The van der Waals surface area contributed by atoms with Gasteiger partial charge in [-0.15, -0.1) is 0 Å². The highest BCUT2D eigenvalue weighted by atomic mass is 35.5. The van der Waals surface area contributed by atoms with E-state index in [1.54, 1.807) is 30.5 Å². The van der Waals surface area contributed by atoms with Crippen molar-refractivity contribution in [3.8, 4) is 11.8 Å². The molecule has 0 aliphatic heterocycles. The van der Waals surface area contributed by atoms with Crippen molar-refractivity contribution in [1.82, 2.24) is 4.98 Å². The molecule has 0 aliphatic carbocycles. The maximum absolute atomic E-state index is 12.6. The van der Waals surface area contributed by atoms with Gasteiger partial charge in [-0.3, -0.25) is 4.79 Å². The van der Waals surface area contributed by atoms with Crippen LogP contribution in [0.5, 0.6) is 0 Å². The van der Waals surface area contributed by atoms with E-state index in [-0.39, 0.29) is 5.78 Å². The van der Waals surface area contributed by atoms with Gasteiger partial charge in [-0.1, -0.05) is 47.7 Å². The van der Waals surface area contributed by atoms with Gasteiger partial charge < -0.3 is 17.2 Å². The zero-order valence-corrected chi connectivity index (χ0v) is 18.0. The molecule has 0 saturated heterocycles. The number of carbonyl (C=O) groups is 1. The molecule has 0 radical (unpaired) electrons. The first-order valence-corrected chi connectivity index (χ1v) is 10.4. The van der Waals surface area contributed by atoms with Crippen molar-refractivity contribution >= 4 is 45.3 Å². The van der Waals surface area contributed by atoms with Crippen LogP contribution in [-0.2, 0) is 6.42 Å². The Morgan fingerprint density at radius 1 is 0.906 bits per heavy atom. The molecule has 0 spiro atoms. The van der Waals surface area contributed by atoms with E-state index in [2.05, 4.69) is 16.8 Å². The Labute approximate surface area is 191 Å². The van der Waals surface area contributed by atoms with E-state index in [0.717, 1.165) is 21.9 Å². The van der Waals surface area contributed by atoms with Crippen molar-refractivity contribution in [1.29, 1.82) is 0 Å². The number of pyridine rings is 1. The number of hydrogen-bond donors (Lipinski definition) is 3. The number of benzene rings is 3. The number of hydrogen-bond acceptors (Lipinski definition) is 5. The van der Waals surface area contributed by atoms with Crippen molar-refractivity contribution in [3.63, 3.8) is 0 Å². The van der Waals surface area contributed by atoms with Crippen LogP contribution in [0.4, 0.5) is 17.2 Å². The lowest BCUT2D eigenvalue weighted by Crippen LogP contribution is -2.02. The van der Waals surface area contributed by atoms with Crippen LogP contribution in [0.15, 0.2) is 66.9 Å². The number of fused-ring (bicyclic) bond motifs is 1. The summed E-state index contributed by atoms with van der Waals surface area (Å²) in [4.78, 5) is 16.8. The Morgan fingerprint density at radius 2 is 1.69 bits per heavy atom. The zero-order chi connectivity index (χ0) is 22.7. The highest BCUT2D eigenvalue weighted by Gasteiger charge is 2.08. The quantitative estimate of drug-likeness (QED) is 0.239. The summed E-state index contributed by atoms with van der Waals surface area (Å²) >= 11 is 6.13. The Bertz CT molecular complexity index is 1380. The molecule has 6 heteroatoms. The van der Waals surface area contributed by atoms with E-state index in [0.29, 0.717) is 46.2 Å². The van der Waals surface area contributed by atoms with E-state index in [1.807, 2.05) is 36.4 Å². The van der Waals surface area contributed by atoms with E-state index in [1.165, 1.54) is 0 Å². The number of nitrogen functional groups attached to an aromatic ring is 3. The summed E-state index contributed by atoms with van der Waals surface area (Å²) in [6.07, 6.45) is 2.68. The molecule has 0 atom stereocenters. The first-order chi connectivity index (χ1) is 15.4. The van der Waals surface area contributed by atoms with Crippen LogP contribution >= 0.6 is 11.6 Å². The third-order valence-corrected chi connectivity index (χ3v) is 5.45. The molecular weight excluding hydrogens is 420 g/mol. The van der Waals surface area contributed by atoms with Gasteiger partial charge in [-0.25, -0.2) is 4.98 Å². The molecular formula is C26H21ClN4O. The van der Waals surface area contributed by atoms with Crippen molar-refractivity contribution in [3.05, 3.63) is 94.1 Å². The first kappa shape index (κ1) is 21.2. The summed E-state index contributed by atoms with van der Waals surface area (Å²) < 4.78 is 0. The molecule has 4 aromatic rings. The summed E-state index contributed by atoms with van der Waals surface area (Å²) in [7, 11) is 0. The Morgan fingerprint density at radius 3 is 2.44 bits per heavy atom. The summed E-state index contributed by atoms with van der Waals surface area (Å²) in [5.74, 6) is 6.60. The summed E-state index contributed by atoms with van der Waals surface area (Å²) in [5.41, 5.74) is 21.7. The second-order valence-electron chi connectivity index (χ2n) is 7.46. The van der Waals surface area contributed by atoms with Crippen LogP contribution in [0.25, 0.3) is 10.8 Å². The molecule has 0 amide bonds. The fraction of sp³-hybridized carbons (Fsp3) is 0.0769. The molecule has 0 bridgehead atoms. The summed E-state index contributed by atoms with van der Waals surface area (Å²) in [5, 5.41) is 2.37. The number of ketones is 1. The number of Topliss-reactive ketones (excluding diaryl/α,β-unsaturated/α-hetero) is 1. The van der Waals surface area contributed by atoms with Gasteiger partial charge >= 0.3 is 0 Å². The highest BCUT2D eigenvalue weighted by Crippen LogP contribution is 2.25. The van der Waals surface area contributed by atoms with Crippen LogP contribution in [-0.4, -0.2) is 10.8 Å². The molecule has 0 aliphatic rings. The van der Waals surface area contributed by atoms with Crippen molar-refractivity contribution in [2.24, 2.45) is 0 Å². The predicted octanol–water partition coefficient (Wildman–Crippen LogP) is 4.85. The lowest BCUT2D eigenvalue weighted by molar-refractivity contribution is 0.0983. The number of aromatic nitrogens is 1. The minimum Gasteiger partial charge on any atom is -0.397 e. The van der Waals surface area contributed by atoms with Gasteiger partial charge in [0.05, 0.1) is 16.9 Å². The number of nitrogens with two attached hydrogens (primary N) is 3. The van der Waals surface area contributed by atoms with E-state index < -0.39 is 0 Å². The number of carbonyl (C=O) groups excluding carboxylic acids is 1. The molecule has 0 saturated carbocycles. The molecule has 6 N–H and O–H groups in total. The maximum Gasteiger partial charge on any atom is 0.163 e. The van der Waals surface area contributed by atoms with E-state index in [4.69, 9.17) is 28.8 Å². The highest BCUT2D eigenvalue weighted by molar-refractivity contribution is 6.31. The van der Waals surface area contributed by atoms with Crippen molar-refractivity contribution in [2.45, 2.75) is 12.8 Å². The fourth-order valence-electron chi connectivity index (χ4n) is 3.39. The molecule has 1 aromatic heterocycles. The zero-order valence-electron chi connectivity index (χ0n) is 17.2. The van der Waals surface area contributed by atoms with Gasteiger partial charge in [-0.05, 0) is 48.4 Å². The molecule has 32 heavy (non-hydrogen) atoms. The minimum atomic E-state index is 0.0528. The van der Waals surface area contributed by atoms with Crippen LogP contribution < -0.4 is 17.2 Å². The van der Waals surface area contributed by atoms with Gasteiger partial charge in [0.2, 0.25) is 0 Å². The maximum atomic E-state index is 12.6. The Balaban J connectivity index is 1.49. The van der Waals surface area contributed by atoms with Crippen molar-refractivity contribution in [2.75, 3.05) is 17.2 Å². The Hall–Kier alpha value is -4.01. The van der Waals surface area contributed by atoms with Crippen LogP contribution in [0.2, 0.25) is 5.02 Å². The molecule has 1 heterocycles. The summed E-state index contributed by atoms with van der Waals surface area (Å²) in [6, 6.07) is 18.2. The van der Waals surface area contributed by atoms with Gasteiger partial charge in [0, 0.05) is 39.5 Å². The average Bonchev–Trinajstić information content (AvgIpc) is 2.79. The summed E-state index contributed by atoms with van der Waals surface area (Å²) in [6.45, 7) is 0.